The maximum Gasteiger partial charge on any atom is 0.0599 e. The zero-order valence-electron chi connectivity index (χ0n) is 9.43. The molecule has 0 aliphatic carbocycles. The van der Waals surface area contributed by atoms with Crippen molar-refractivity contribution in [3.05, 3.63) is 30.3 Å². The number of hydrogen-bond acceptors (Lipinski definition) is 3. The van der Waals surface area contributed by atoms with Crippen LogP contribution in [0.25, 0.3) is 0 Å². The third-order valence-corrected chi connectivity index (χ3v) is 2.38. The summed E-state index contributed by atoms with van der Waals surface area (Å²) in [4.78, 5) is 2.20. The van der Waals surface area contributed by atoms with Crippen LogP contribution >= 0.6 is 0 Å². The number of hydrogen-bond donors (Lipinski definition) is 2. The third-order valence-electron chi connectivity index (χ3n) is 2.38. The second-order valence-corrected chi connectivity index (χ2v) is 4.02. The lowest BCUT2D eigenvalue weighted by atomic mass is 10.2. The smallest absolute Gasteiger partial charge is 0.0599 e. The third kappa shape index (κ3) is 3.53. The minimum absolute atomic E-state index is 0.0239. The standard InChI is InChI=1S/C12H20N2O/c1-10(2)14(8-11(13)9-15)12-6-4-3-5-7-12/h3-7,10-11,15H,8-9,13H2,1-2H3/t11-/m1/s1. The molecule has 3 nitrogen and oxygen atoms in total. The van der Waals surface area contributed by atoms with Gasteiger partial charge in [-0.2, -0.15) is 0 Å². The molecule has 84 valence electrons. The van der Waals surface area contributed by atoms with Crippen LogP contribution in [0.2, 0.25) is 0 Å². The SMILES string of the molecule is CC(C)N(C[C@@H](N)CO)c1ccccc1. The van der Waals surface area contributed by atoms with Crippen molar-refractivity contribution in [2.45, 2.75) is 25.9 Å². The van der Waals surface area contributed by atoms with Crippen molar-refractivity contribution in [3.8, 4) is 0 Å². The van der Waals surface area contributed by atoms with Crippen molar-refractivity contribution >= 4 is 5.69 Å². The van der Waals surface area contributed by atoms with Crippen LogP contribution in [0.15, 0.2) is 30.3 Å². The van der Waals surface area contributed by atoms with E-state index < -0.39 is 0 Å². The van der Waals surface area contributed by atoms with Crippen LogP contribution in [0.4, 0.5) is 5.69 Å². The van der Waals surface area contributed by atoms with E-state index in [2.05, 4.69) is 30.9 Å². The Kier molecular flexibility index (Phi) is 4.59. The second-order valence-electron chi connectivity index (χ2n) is 4.02. The Morgan fingerprint density at radius 2 is 1.87 bits per heavy atom. The maximum absolute atomic E-state index is 8.96. The zero-order chi connectivity index (χ0) is 11.3. The van der Waals surface area contributed by atoms with Crippen molar-refractivity contribution in [1.29, 1.82) is 0 Å². The molecule has 0 saturated carbocycles. The van der Waals surface area contributed by atoms with Crippen LogP contribution in [0.3, 0.4) is 0 Å². The van der Waals surface area contributed by atoms with Crippen molar-refractivity contribution in [2.75, 3.05) is 18.1 Å². The summed E-state index contributed by atoms with van der Waals surface area (Å²) < 4.78 is 0. The highest BCUT2D eigenvalue weighted by atomic mass is 16.3. The second kappa shape index (κ2) is 5.73. The summed E-state index contributed by atoms with van der Waals surface area (Å²) in [6, 6.07) is 10.3. The Bertz CT molecular complexity index is 274. The van der Waals surface area contributed by atoms with E-state index in [1.54, 1.807) is 0 Å². The summed E-state index contributed by atoms with van der Waals surface area (Å²) in [5, 5.41) is 8.96. The van der Waals surface area contributed by atoms with Gasteiger partial charge in [-0.25, -0.2) is 0 Å². The van der Waals surface area contributed by atoms with Crippen LogP contribution in [0, 0.1) is 0 Å². The van der Waals surface area contributed by atoms with Gasteiger partial charge in [-0.05, 0) is 26.0 Å². The average molecular weight is 208 g/mol. The van der Waals surface area contributed by atoms with Crippen molar-refractivity contribution in [3.63, 3.8) is 0 Å². The van der Waals surface area contributed by atoms with Crippen molar-refractivity contribution in [1.82, 2.24) is 0 Å². The molecule has 3 N–H and O–H groups in total. The molecule has 0 amide bonds. The lowest BCUT2D eigenvalue weighted by Gasteiger charge is -2.31. The summed E-state index contributed by atoms with van der Waals surface area (Å²) >= 11 is 0. The number of aliphatic hydroxyl groups is 1. The minimum atomic E-state index is -0.187. The fourth-order valence-electron chi connectivity index (χ4n) is 1.54. The van der Waals surface area contributed by atoms with Gasteiger partial charge >= 0.3 is 0 Å². The van der Waals surface area contributed by atoms with Gasteiger partial charge in [0.1, 0.15) is 0 Å². The van der Waals surface area contributed by atoms with Gasteiger partial charge in [0, 0.05) is 24.3 Å². The predicted octanol–water partition coefficient (Wildman–Crippen LogP) is 1.22. The molecule has 1 rings (SSSR count). The molecule has 0 unspecified atom stereocenters. The first-order chi connectivity index (χ1) is 7.15. The molecular formula is C12H20N2O. The van der Waals surface area contributed by atoms with E-state index in [-0.39, 0.29) is 12.6 Å². The molecule has 0 spiro atoms. The first-order valence-electron chi connectivity index (χ1n) is 5.33. The molecule has 0 aliphatic rings. The number of benzene rings is 1. The van der Waals surface area contributed by atoms with E-state index in [1.807, 2.05) is 18.2 Å². The van der Waals surface area contributed by atoms with Gasteiger partial charge in [-0.1, -0.05) is 18.2 Å². The van der Waals surface area contributed by atoms with E-state index in [4.69, 9.17) is 10.8 Å². The Labute approximate surface area is 91.5 Å². The van der Waals surface area contributed by atoms with Crippen molar-refractivity contribution in [2.24, 2.45) is 5.73 Å². The van der Waals surface area contributed by atoms with Gasteiger partial charge in [0.2, 0.25) is 0 Å². The number of nitrogens with two attached hydrogens (primary N) is 1. The van der Waals surface area contributed by atoms with Gasteiger partial charge in [0.05, 0.1) is 6.61 Å². The highest BCUT2D eigenvalue weighted by Crippen LogP contribution is 2.16. The first-order valence-corrected chi connectivity index (χ1v) is 5.33. The fraction of sp³-hybridized carbons (Fsp3) is 0.500. The van der Waals surface area contributed by atoms with Gasteiger partial charge in [-0.3, -0.25) is 0 Å². The first kappa shape index (κ1) is 12.0. The average Bonchev–Trinajstić information content (AvgIpc) is 2.26. The van der Waals surface area contributed by atoms with E-state index in [9.17, 15) is 0 Å². The van der Waals surface area contributed by atoms with E-state index in [1.165, 1.54) is 0 Å². The van der Waals surface area contributed by atoms with Crippen LogP contribution in [-0.4, -0.2) is 30.3 Å². The zero-order valence-corrected chi connectivity index (χ0v) is 9.43. The lowest BCUT2D eigenvalue weighted by Crippen LogP contribution is -2.43. The Balaban J connectivity index is 2.75. The monoisotopic (exact) mass is 208 g/mol. The number of nitrogens with zero attached hydrogens (tertiary/aromatic N) is 1. The lowest BCUT2D eigenvalue weighted by molar-refractivity contribution is 0.265. The molecule has 0 radical (unpaired) electrons. The van der Waals surface area contributed by atoms with Crippen molar-refractivity contribution < 1.29 is 5.11 Å². The van der Waals surface area contributed by atoms with Gasteiger partial charge < -0.3 is 15.7 Å². The number of anilines is 1. The Hall–Kier alpha value is -1.06. The molecule has 0 aliphatic heterocycles. The van der Waals surface area contributed by atoms with E-state index >= 15 is 0 Å². The van der Waals surface area contributed by atoms with Crippen LogP contribution < -0.4 is 10.6 Å². The molecule has 0 fully saturated rings. The van der Waals surface area contributed by atoms with Crippen LogP contribution in [0.1, 0.15) is 13.8 Å². The van der Waals surface area contributed by atoms with Gasteiger partial charge in [0.25, 0.3) is 0 Å². The molecule has 0 aromatic heterocycles. The predicted molar refractivity (Wildman–Crippen MR) is 64.0 cm³/mol. The van der Waals surface area contributed by atoms with Gasteiger partial charge in [0.15, 0.2) is 0 Å². The van der Waals surface area contributed by atoms with E-state index in [0.717, 1.165) is 5.69 Å². The molecule has 1 aromatic carbocycles. The number of rotatable bonds is 5. The molecule has 0 heterocycles. The Morgan fingerprint density at radius 1 is 1.27 bits per heavy atom. The molecule has 3 heteroatoms. The molecule has 1 atom stereocenters. The minimum Gasteiger partial charge on any atom is -0.395 e. The number of aliphatic hydroxyl groups excluding tert-OH is 1. The largest absolute Gasteiger partial charge is 0.395 e. The fourth-order valence-corrected chi connectivity index (χ4v) is 1.54. The molecule has 0 saturated heterocycles. The molecule has 15 heavy (non-hydrogen) atoms. The molecule has 1 aromatic rings. The highest BCUT2D eigenvalue weighted by Gasteiger charge is 2.13. The quantitative estimate of drug-likeness (QED) is 0.765. The molecular weight excluding hydrogens is 188 g/mol. The van der Waals surface area contributed by atoms with Crippen LogP contribution in [-0.2, 0) is 0 Å². The van der Waals surface area contributed by atoms with E-state index in [0.29, 0.717) is 12.6 Å². The summed E-state index contributed by atoms with van der Waals surface area (Å²) in [5.41, 5.74) is 6.91. The summed E-state index contributed by atoms with van der Waals surface area (Å²) in [6.07, 6.45) is 0. The summed E-state index contributed by atoms with van der Waals surface area (Å²) in [7, 11) is 0. The highest BCUT2D eigenvalue weighted by molar-refractivity contribution is 5.46. The number of para-hydroxylation sites is 1. The molecule has 0 bridgehead atoms. The topological polar surface area (TPSA) is 49.5 Å². The Morgan fingerprint density at radius 3 is 2.33 bits per heavy atom. The van der Waals surface area contributed by atoms with Crippen LogP contribution in [0.5, 0.6) is 0 Å². The summed E-state index contributed by atoms with van der Waals surface area (Å²) in [6.45, 7) is 4.95. The normalized spacial score (nSPS) is 12.9. The maximum atomic E-state index is 8.96. The summed E-state index contributed by atoms with van der Waals surface area (Å²) in [5.74, 6) is 0. The van der Waals surface area contributed by atoms with Gasteiger partial charge in [-0.15, -0.1) is 0 Å².